The summed E-state index contributed by atoms with van der Waals surface area (Å²) < 4.78 is 0. The molecule has 0 radical (unpaired) electrons. The Bertz CT molecular complexity index is 633. The van der Waals surface area contributed by atoms with E-state index in [0.29, 0.717) is 16.4 Å². The molecule has 6 nitrogen and oxygen atoms in total. The van der Waals surface area contributed by atoms with Gasteiger partial charge in [-0.25, -0.2) is 4.98 Å². The van der Waals surface area contributed by atoms with Crippen molar-refractivity contribution < 1.29 is 4.79 Å². The first-order chi connectivity index (χ1) is 8.56. The Labute approximate surface area is 107 Å². The lowest BCUT2D eigenvalue weighted by Crippen LogP contribution is -2.16. The van der Waals surface area contributed by atoms with Crippen LogP contribution in [-0.4, -0.2) is 15.9 Å². The van der Waals surface area contributed by atoms with Crippen LogP contribution in [0.4, 0.5) is 11.4 Å². The Morgan fingerprint density at radius 2 is 2.22 bits per heavy atom. The van der Waals surface area contributed by atoms with Crippen molar-refractivity contribution >= 4 is 28.9 Å². The van der Waals surface area contributed by atoms with Crippen LogP contribution in [0.25, 0.3) is 0 Å². The third kappa shape index (κ3) is 2.67. The molecule has 0 aliphatic carbocycles. The molecule has 1 aromatic carbocycles. The van der Waals surface area contributed by atoms with Gasteiger partial charge in [-0.1, -0.05) is 11.6 Å². The highest BCUT2D eigenvalue weighted by atomic mass is 35.5. The summed E-state index contributed by atoms with van der Waals surface area (Å²) in [6, 6.07) is 4.73. The Morgan fingerprint density at radius 1 is 1.44 bits per heavy atom. The predicted octanol–water partition coefficient (Wildman–Crippen LogP) is 1.26. The number of halogens is 1. The van der Waals surface area contributed by atoms with Crippen molar-refractivity contribution in [3.05, 3.63) is 51.7 Å². The second kappa shape index (κ2) is 4.89. The molecule has 0 saturated heterocycles. The monoisotopic (exact) mass is 264 g/mol. The van der Waals surface area contributed by atoms with Crippen molar-refractivity contribution in [2.75, 3.05) is 11.1 Å². The zero-order valence-corrected chi connectivity index (χ0v) is 9.86. The van der Waals surface area contributed by atoms with E-state index < -0.39 is 5.91 Å². The van der Waals surface area contributed by atoms with Gasteiger partial charge in [0.2, 0.25) is 0 Å². The molecule has 0 aliphatic rings. The van der Waals surface area contributed by atoms with Gasteiger partial charge in [-0.05, 0) is 18.2 Å². The Hall–Kier alpha value is -2.34. The number of rotatable bonds is 2. The Morgan fingerprint density at radius 3 is 2.83 bits per heavy atom. The largest absolute Gasteiger partial charge is 0.398 e. The van der Waals surface area contributed by atoms with Crippen LogP contribution in [0.1, 0.15) is 10.5 Å². The zero-order chi connectivity index (χ0) is 13.1. The highest BCUT2D eigenvalue weighted by Gasteiger charge is 2.08. The van der Waals surface area contributed by atoms with Crippen molar-refractivity contribution in [3.63, 3.8) is 0 Å². The number of aromatic nitrogens is 2. The van der Waals surface area contributed by atoms with Gasteiger partial charge >= 0.3 is 0 Å². The lowest BCUT2D eigenvalue weighted by molar-refractivity contribution is 0.102. The Balaban J connectivity index is 2.18. The van der Waals surface area contributed by atoms with Crippen LogP contribution in [0.15, 0.2) is 35.4 Å². The summed E-state index contributed by atoms with van der Waals surface area (Å²) in [6.07, 6.45) is 2.27. The molecule has 18 heavy (non-hydrogen) atoms. The number of benzene rings is 1. The molecule has 0 bridgehead atoms. The summed E-state index contributed by atoms with van der Waals surface area (Å²) in [7, 11) is 0. The molecule has 0 saturated carbocycles. The van der Waals surface area contributed by atoms with Gasteiger partial charge in [0.25, 0.3) is 11.5 Å². The van der Waals surface area contributed by atoms with Crippen LogP contribution in [-0.2, 0) is 0 Å². The molecule has 0 spiro atoms. The van der Waals surface area contributed by atoms with Crippen LogP contribution in [0.3, 0.4) is 0 Å². The molecule has 92 valence electrons. The maximum absolute atomic E-state index is 11.8. The van der Waals surface area contributed by atoms with Gasteiger partial charge in [-0.3, -0.25) is 9.59 Å². The van der Waals surface area contributed by atoms with Crippen molar-refractivity contribution in [3.8, 4) is 0 Å². The van der Waals surface area contributed by atoms with Gasteiger partial charge in [0.15, 0.2) is 0 Å². The fraction of sp³-hybridized carbons (Fsp3) is 0. The van der Waals surface area contributed by atoms with Gasteiger partial charge in [-0.2, -0.15) is 0 Å². The van der Waals surface area contributed by atoms with E-state index in [4.69, 9.17) is 17.3 Å². The van der Waals surface area contributed by atoms with Crippen LogP contribution in [0, 0.1) is 0 Å². The lowest BCUT2D eigenvalue weighted by atomic mass is 10.2. The number of nitrogens with one attached hydrogen (secondary N) is 2. The highest BCUT2D eigenvalue weighted by molar-refractivity contribution is 6.33. The molecule has 2 aromatic rings. The van der Waals surface area contributed by atoms with E-state index in [9.17, 15) is 9.59 Å². The van der Waals surface area contributed by atoms with Crippen LogP contribution in [0.2, 0.25) is 5.02 Å². The maximum Gasteiger partial charge on any atom is 0.275 e. The molecule has 0 fully saturated rings. The molecule has 7 heteroatoms. The minimum absolute atomic E-state index is 0.0996. The van der Waals surface area contributed by atoms with Gasteiger partial charge in [0, 0.05) is 11.9 Å². The normalized spacial score (nSPS) is 10.1. The van der Waals surface area contributed by atoms with E-state index in [2.05, 4.69) is 15.3 Å². The van der Waals surface area contributed by atoms with Crippen LogP contribution >= 0.6 is 11.6 Å². The van der Waals surface area contributed by atoms with E-state index in [-0.39, 0.29) is 11.3 Å². The zero-order valence-electron chi connectivity index (χ0n) is 9.11. The average Bonchev–Trinajstić information content (AvgIpc) is 2.34. The fourth-order valence-electron chi connectivity index (χ4n) is 1.27. The molecular weight excluding hydrogens is 256 g/mol. The topological polar surface area (TPSA) is 101 Å². The SMILES string of the molecule is Nc1ccc(NC(=O)c2c[nH]c(=O)cn2)cc1Cl. The van der Waals surface area contributed by atoms with E-state index in [1.807, 2.05) is 0 Å². The molecular formula is C11H9ClN4O2. The quantitative estimate of drug-likeness (QED) is 0.711. The first kappa shape index (κ1) is 12.1. The van der Waals surface area contributed by atoms with E-state index in [0.717, 1.165) is 6.20 Å². The second-order valence-electron chi connectivity index (χ2n) is 3.49. The standard InChI is InChI=1S/C11H9ClN4O2/c12-7-3-6(1-2-8(7)13)16-11(18)9-4-15-10(17)5-14-9/h1-5H,13H2,(H,15,17)(H,16,18). The van der Waals surface area contributed by atoms with Crippen LogP contribution < -0.4 is 16.6 Å². The third-order valence-corrected chi connectivity index (χ3v) is 2.49. The summed E-state index contributed by atoms with van der Waals surface area (Å²) in [4.78, 5) is 28.6. The molecule has 1 aromatic heterocycles. The van der Waals surface area contributed by atoms with Crippen molar-refractivity contribution in [2.24, 2.45) is 0 Å². The van der Waals surface area contributed by atoms with E-state index in [1.54, 1.807) is 12.1 Å². The summed E-state index contributed by atoms with van der Waals surface area (Å²) in [6.45, 7) is 0. The summed E-state index contributed by atoms with van der Waals surface area (Å²) >= 11 is 5.82. The molecule has 2 rings (SSSR count). The number of nitrogens with zero attached hydrogens (tertiary/aromatic N) is 1. The van der Waals surface area contributed by atoms with Gasteiger partial charge < -0.3 is 16.0 Å². The molecule has 1 heterocycles. The Kier molecular flexibility index (Phi) is 3.29. The van der Waals surface area contributed by atoms with Gasteiger partial charge in [0.05, 0.1) is 16.9 Å². The number of hydrogen-bond acceptors (Lipinski definition) is 4. The summed E-state index contributed by atoms with van der Waals surface area (Å²) in [5, 5.41) is 2.93. The van der Waals surface area contributed by atoms with Gasteiger partial charge in [-0.15, -0.1) is 0 Å². The smallest absolute Gasteiger partial charge is 0.275 e. The second-order valence-corrected chi connectivity index (χ2v) is 3.89. The molecule has 0 atom stereocenters. The summed E-state index contributed by atoms with van der Waals surface area (Å²) in [5.74, 6) is -0.452. The molecule has 1 amide bonds. The predicted molar refractivity (Wildman–Crippen MR) is 68.7 cm³/mol. The first-order valence-corrected chi connectivity index (χ1v) is 5.35. The number of nitrogens with two attached hydrogens (primary N) is 1. The minimum Gasteiger partial charge on any atom is -0.398 e. The van der Waals surface area contributed by atoms with Crippen molar-refractivity contribution in [1.29, 1.82) is 0 Å². The minimum atomic E-state index is -0.452. The molecule has 4 N–H and O–H groups in total. The number of hydrogen-bond donors (Lipinski definition) is 3. The summed E-state index contributed by atoms with van der Waals surface area (Å²) in [5.41, 5.74) is 6.20. The number of aromatic amines is 1. The highest BCUT2D eigenvalue weighted by Crippen LogP contribution is 2.22. The number of amides is 1. The molecule has 0 unspecified atom stereocenters. The lowest BCUT2D eigenvalue weighted by Gasteiger charge is -2.05. The fourth-order valence-corrected chi connectivity index (χ4v) is 1.45. The number of carbonyl (C=O) groups is 1. The molecule has 0 aliphatic heterocycles. The number of carbonyl (C=O) groups excluding carboxylic acids is 1. The number of H-pyrrole nitrogens is 1. The third-order valence-electron chi connectivity index (χ3n) is 2.16. The first-order valence-electron chi connectivity index (χ1n) is 4.97. The number of anilines is 2. The maximum atomic E-state index is 11.8. The van der Waals surface area contributed by atoms with Gasteiger partial charge in [0.1, 0.15) is 5.69 Å². The van der Waals surface area contributed by atoms with E-state index in [1.165, 1.54) is 12.3 Å². The average molecular weight is 265 g/mol. The van der Waals surface area contributed by atoms with Crippen LogP contribution in [0.5, 0.6) is 0 Å². The van der Waals surface area contributed by atoms with Crippen molar-refractivity contribution in [1.82, 2.24) is 9.97 Å². The number of nitrogen functional groups attached to an aromatic ring is 1. The van der Waals surface area contributed by atoms with Crippen molar-refractivity contribution in [2.45, 2.75) is 0 Å². The van der Waals surface area contributed by atoms with E-state index >= 15 is 0 Å².